The van der Waals surface area contributed by atoms with Gasteiger partial charge in [0.2, 0.25) is 0 Å². The lowest BCUT2D eigenvalue weighted by molar-refractivity contribution is 0.0713. The number of aromatic nitrogens is 1. The number of carbonyl (C=O) groups excluding carboxylic acids is 1. The minimum absolute atomic E-state index is 0.153. The maximum atomic E-state index is 12.2. The molecule has 0 bridgehead atoms. The summed E-state index contributed by atoms with van der Waals surface area (Å²) in [4.78, 5) is 28.3. The lowest BCUT2D eigenvalue weighted by atomic mass is 9.95. The number of ketones is 1. The van der Waals surface area contributed by atoms with Gasteiger partial charge in [0.1, 0.15) is 0 Å². The second-order valence-corrected chi connectivity index (χ2v) is 4.09. The number of Topliss-reactive ketones (excluding diaryl/α,β-unsaturated/α-hetero) is 1. The van der Waals surface area contributed by atoms with Gasteiger partial charge in [-0.05, 0) is 31.4 Å². The highest BCUT2D eigenvalue weighted by atomic mass is 16.4. The summed E-state index contributed by atoms with van der Waals surface area (Å²) in [5.41, 5.74) is 0.477. The van der Waals surface area contributed by atoms with Crippen LogP contribution in [0.4, 0.5) is 4.79 Å². The Morgan fingerprint density at radius 2 is 2.24 bits per heavy atom. The largest absolute Gasteiger partial charge is 0.465 e. The summed E-state index contributed by atoms with van der Waals surface area (Å²) < 4.78 is 0. The highest BCUT2D eigenvalue weighted by Crippen LogP contribution is 2.20. The van der Waals surface area contributed by atoms with Crippen molar-refractivity contribution in [1.82, 2.24) is 9.88 Å². The van der Waals surface area contributed by atoms with Crippen LogP contribution in [0.5, 0.6) is 0 Å². The first-order chi connectivity index (χ1) is 8.20. The smallest absolute Gasteiger partial charge is 0.407 e. The van der Waals surface area contributed by atoms with E-state index in [0.29, 0.717) is 18.5 Å². The molecule has 1 aromatic heterocycles. The maximum Gasteiger partial charge on any atom is 0.407 e. The molecule has 0 aliphatic carbocycles. The van der Waals surface area contributed by atoms with E-state index < -0.39 is 12.1 Å². The number of pyridine rings is 1. The van der Waals surface area contributed by atoms with Crippen LogP contribution in [0.25, 0.3) is 0 Å². The molecular formula is C12H14N2O3. The van der Waals surface area contributed by atoms with E-state index in [1.807, 2.05) is 0 Å². The van der Waals surface area contributed by atoms with Crippen LogP contribution in [-0.2, 0) is 0 Å². The monoisotopic (exact) mass is 234 g/mol. The van der Waals surface area contributed by atoms with Gasteiger partial charge in [-0.3, -0.25) is 14.7 Å². The molecule has 1 unspecified atom stereocenters. The van der Waals surface area contributed by atoms with E-state index in [9.17, 15) is 9.59 Å². The number of carbonyl (C=O) groups is 2. The molecule has 1 aromatic rings. The van der Waals surface area contributed by atoms with E-state index >= 15 is 0 Å². The molecule has 1 aliphatic rings. The van der Waals surface area contributed by atoms with Gasteiger partial charge in [0.05, 0.1) is 6.04 Å². The first kappa shape index (κ1) is 11.6. The standard InChI is InChI=1S/C12H14N2O3/c15-11(9-4-3-6-13-8-9)10-5-1-2-7-14(10)12(16)17/h3-4,6,8,10H,1-2,5,7H2,(H,16,17). The number of piperidine rings is 1. The van der Waals surface area contributed by atoms with Gasteiger partial charge < -0.3 is 5.11 Å². The third-order valence-corrected chi connectivity index (χ3v) is 3.00. The van der Waals surface area contributed by atoms with Gasteiger partial charge in [0, 0.05) is 24.5 Å². The SMILES string of the molecule is O=C(c1cccnc1)C1CCCCN1C(=O)O. The molecule has 2 rings (SSSR count). The van der Waals surface area contributed by atoms with E-state index in [1.54, 1.807) is 18.3 Å². The second kappa shape index (κ2) is 4.95. The van der Waals surface area contributed by atoms with Gasteiger partial charge >= 0.3 is 6.09 Å². The number of likely N-dealkylation sites (tertiary alicyclic amines) is 1. The van der Waals surface area contributed by atoms with Gasteiger partial charge in [0.25, 0.3) is 0 Å². The highest BCUT2D eigenvalue weighted by molar-refractivity contribution is 6.01. The van der Waals surface area contributed by atoms with Gasteiger partial charge in [-0.15, -0.1) is 0 Å². The second-order valence-electron chi connectivity index (χ2n) is 4.09. The summed E-state index contributed by atoms with van der Waals surface area (Å²) in [7, 11) is 0. The Bertz CT molecular complexity index is 419. The van der Waals surface area contributed by atoms with Crippen molar-refractivity contribution < 1.29 is 14.7 Å². The molecule has 0 aromatic carbocycles. The van der Waals surface area contributed by atoms with Gasteiger partial charge in [0.15, 0.2) is 5.78 Å². The van der Waals surface area contributed by atoms with Gasteiger partial charge in [-0.1, -0.05) is 0 Å². The van der Waals surface area contributed by atoms with Crippen LogP contribution in [0.1, 0.15) is 29.6 Å². The summed E-state index contributed by atoms with van der Waals surface area (Å²) >= 11 is 0. The van der Waals surface area contributed by atoms with Crippen LogP contribution in [0.3, 0.4) is 0 Å². The van der Waals surface area contributed by atoms with E-state index in [0.717, 1.165) is 12.8 Å². The van der Waals surface area contributed by atoms with E-state index in [2.05, 4.69) is 4.98 Å². The number of amides is 1. The van der Waals surface area contributed by atoms with Crippen LogP contribution in [0.2, 0.25) is 0 Å². The molecule has 5 nitrogen and oxygen atoms in total. The molecule has 0 radical (unpaired) electrons. The molecule has 5 heteroatoms. The van der Waals surface area contributed by atoms with E-state index in [-0.39, 0.29) is 5.78 Å². The Balaban J connectivity index is 2.20. The van der Waals surface area contributed by atoms with Crippen LogP contribution in [0, 0.1) is 0 Å². The average Bonchev–Trinajstić information content (AvgIpc) is 2.39. The molecule has 1 saturated heterocycles. The molecule has 1 amide bonds. The first-order valence-electron chi connectivity index (χ1n) is 5.64. The molecule has 0 saturated carbocycles. The van der Waals surface area contributed by atoms with Gasteiger partial charge in [-0.25, -0.2) is 4.79 Å². The molecule has 90 valence electrons. The molecular weight excluding hydrogens is 220 g/mol. The fraction of sp³-hybridized carbons (Fsp3) is 0.417. The maximum absolute atomic E-state index is 12.2. The number of carboxylic acid groups (broad SMARTS) is 1. The number of hydrogen-bond acceptors (Lipinski definition) is 3. The number of rotatable bonds is 2. The average molecular weight is 234 g/mol. The van der Waals surface area contributed by atoms with Crippen molar-refractivity contribution in [3.63, 3.8) is 0 Å². The van der Waals surface area contributed by atoms with Crippen molar-refractivity contribution in [2.45, 2.75) is 25.3 Å². The lowest BCUT2D eigenvalue weighted by Crippen LogP contribution is -2.47. The minimum atomic E-state index is -1.02. The predicted molar refractivity (Wildman–Crippen MR) is 60.9 cm³/mol. The number of hydrogen-bond donors (Lipinski definition) is 1. The van der Waals surface area contributed by atoms with Crippen molar-refractivity contribution in [3.8, 4) is 0 Å². The minimum Gasteiger partial charge on any atom is -0.465 e. The van der Waals surface area contributed by atoms with Gasteiger partial charge in [-0.2, -0.15) is 0 Å². The zero-order valence-electron chi connectivity index (χ0n) is 9.37. The molecule has 17 heavy (non-hydrogen) atoms. The lowest BCUT2D eigenvalue weighted by Gasteiger charge is -2.32. The van der Waals surface area contributed by atoms with E-state index in [1.165, 1.54) is 11.1 Å². The molecule has 1 atom stereocenters. The Morgan fingerprint density at radius 1 is 1.41 bits per heavy atom. The molecule has 0 spiro atoms. The summed E-state index contributed by atoms with van der Waals surface area (Å²) in [6.45, 7) is 0.437. The highest BCUT2D eigenvalue weighted by Gasteiger charge is 2.32. The zero-order chi connectivity index (χ0) is 12.3. The van der Waals surface area contributed by atoms with Crippen LogP contribution in [0.15, 0.2) is 24.5 Å². The molecule has 1 fully saturated rings. The molecule has 1 aliphatic heterocycles. The Labute approximate surface area is 99.1 Å². The Morgan fingerprint density at radius 3 is 2.88 bits per heavy atom. The number of nitrogens with zero attached hydrogens (tertiary/aromatic N) is 2. The summed E-state index contributed by atoms with van der Waals surface area (Å²) in [6.07, 6.45) is 4.36. The molecule has 2 heterocycles. The summed E-state index contributed by atoms with van der Waals surface area (Å²) in [6, 6.07) is 2.80. The van der Waals surface area contributed by atoms with E-state index in [4.69, 9.17) is 5.11 Å². The van der Waals surface area contributed by atoms with Crippen molar-refractivity contribution >= 4 is 11.9 Å². The molecule has 1 N–H and O–H groups in total. The van der Waals surface area contributed by atoms with Crippen molar-refractivity contribution in [2.24, 2.45) is 0 Å². The predicted octanol–water partition coefficient (Wildman–Crippen LogP) is 1.80. The zero-order valence-corrected chi connectivity index (χ0v) is 9.37. The summed E-state index contributed by atoms with van der Waals surface area (Å²) in [5.74, 6) is -0.153. The quantitative estimate of drug-likeness (QED) is 0.792. The third kappa shape index (κ3) is 2.43. The fourth-order valence-electron chi connectivity index (χ4n) is 2.13. The Hall–Kier alpha value is -1.91. The first-order valence-corrected chi connectivity index (χ1v) is 5.64. The summed E-state index contributed by atoms with van der Waals surface area (Å²) in [5, 5.41) is 9.06. The normalized spacial score (nSPS) is 20.0. The van der Waals surface area contributed by atoms with Crippen molar-refractivity contribution in [1.29, 1.82) is 0 Å². The van der Waals surface area contributed by atoms with Crippen LogP contribution >= 0.6 is 0 Å². The Kier molecular flexibility index (Phi) is 3.37. The van der Waals surface area contributed by atoms with Crippen molar-refractivity contribution in [3.05, 3.63) is 30.1 Å². The van der Waals surface area contributed by atoms with Crippen molar-refractivity contribution in [2.75, 3.05) is 6.54 Å². The topological polar surface area (TPSA) is 70.5 Å². The third-order valence-electron chi connectivity index (χ3n) is 3.00. The van der Waals surface area contributed by atoms with Crippen LogP contribution < -0.4 is 0 Å². The van der Waals surface area contributed by atoms with Crippen LogP contribution in [-0.4, -0.2) is 39.5 Å². The fourth-order valence-corrected chi connectivity index (χ4v) is 2.13.